The standard InChI is InChI=1S/C17H28FN3/c1-13-5-6-14(11-15(13)18)16(19)7-8-21-10-9-20(4)17(2,3)12-21/h5-6,11,16H,7-10,12,19H2,1-4H3. The number of nitrogens with two attached hydrogens (primary N) is 1. The van der Waals surface area contributed by atoms with Crippen LogP contribution in [0.4, 0.5) is 4.39 Å². The van der Waals surface area contributed by atoms with Gasteiger partial charge in [0, 0.05) is 37.8 Å². The van der Waals surface area contributed by atoms with Crippen molar-refractivity contribution in [2.75, 3.05) is 33.2 Å². The Morgan fingerprint density at radius 1 is 1.33 bits per heavy atom. The molecular weight excluding hydrogens is 265 g/mol. The SMILES string of the molecule is Cc1ccc(C(N)CCN2CCN(C)C(C)(C)C2)cc1F. The predicted molar refractivity (Wildman–Crippen MR) is 85.8 cm³/mol. The van der Waals surface area contributed by atoms with Gasteiger partial charge in [-0.1, -0.05) is 12.1 Å². The van der Waals surface area contributed by atoms with E-state index in [9.17, 15) is 4.39 Å². The van der Waals surface area contributed by atoms with Crippen molar-refractivity contribution in [2.24, 2.45) is 5.73 Å². The molecule has 1 aromatic rings. The fraction of sp³-hybridized carbons (Fsp3) is 0.647. The summed E-state index contributed by atoms with van der Waals surface area (Å²) in [5.74, 6) is -0.163. The molecule has 1 aromatic carbocycles. The van der Waals surface area contributed by atoms with Crippen LogP contribution in [-0.2, 0) is 0 Å². The molecule has 2 rings (SSSR count). The maximum atomic E-state index is 13.6. The first-order valence-corrected chi connectivity index (χ1v) is 7.75. The zero-order valence-electron chi connectivity index (χ0n) is 13.7. The van der Waals surface area contributed by atoms with Crippen molar-refractivity contribution in [1.82, 2.24) is 9.80 Å². The second kappa shape index (κ2) is 6.42. The third-order valence-electron chi connectivity index (χ3n) is 4.78. The molecule has 1 atom stereocenters. The van der Waals surface area contributed by atoms with Crippen molar-refractivity contribution >= 4 is 0 Å². The second-order valence-electron chi connectivity index (χ2n) is 6.91. The first-order valence-electron chi connectivity index (χ1n) is 7.75. The molecule has 1 fully saturated rings. The molecule has 2 N–H and O–H groups in total. The molecule has 1 heterocycles. The van der Waals surface area contributed by atoms with Crippen molar-refractivity contribution in [1.29, 1.82) is 0 Å². The Balaban J connectivity index is 1.89. The van der Waals surface area contributed by atoms with E-state index >= 15 is 0 Å². The van der Waals surface area contributed by atoms with E-state index in [2.05, 4.69) is 30.7 Å². The van der Waals surface area contributed by atoms with Gasteiger partial charge in [-0.25, -0.2) is 4.39 Å². The van der Waals surface area contributed by atoms with Gasteiger partial charge in [-0.15, -0.1) is 0 Å². The number of benzene rings is 1. The zero-order chi connectivity index (χ0) is 15.6. The molecule has 0 bridgehead atoms. The minimum atomic E-state index is -0.163. The molecule has 0 aromatic heterocycles. The Kier molecular flexibility index (Phi) is 5.02. The van der Waals surface area contributed by atoms with Gasteiger partial charge in [-0.2, -0.15) is 0 Å². The zero-order valence-corrected chi connectivity index (χ0v) is 13.7. The molecule has 21 heavy (non-hydrogen) atoms. The molecule has 3 nitrogen and oxygen atoms in total. The van der Waals surface area contributed by atoms with Crippen LogP contribution in [0.2, 0.25) is 0 Å². The van der Waals surface area contributed by atoms with Crippen molar-refractivity contribution < 1.29 is 4.39 Å². The Morgan fingerprint density at radius 2 is 2.05 bits per heavy atom. The van der Waals surface area contributed by atoms with Crippen LogP contribution < -0.4 is 5.73 Å². The second-order valence-corrected chi connectivity index (χ2v) is 6.91. The number of aryl methyl sites for hydroxylation is 1. The third kappa shape index (κ3) is 4.02. The highest BCUT2D eigenvalue weighted by molar-refractivity contribution is 5.25. The van der Waals surface area contributed by atoms with Crippen molar-refractivity contribution in [3.05, 3.63) is 35.1 Å². The summed E-state index contributed by atoms with van der Waals surface area (Å²) in [7, 11) is 2.18. The van der Waals surface area contributed by atoms with E-state index in [1.807, 2.05) is 12.1 Å². The molecule has 1 saturated heterocycles. The van der Waals surface area contributed by atoms with Crippen LogP contribution in [0.5, 0.6) is 0 Å². The van der Waals surface area contributed by atoms with Crippen LogP contribution in [0.3, 0.4) is 0 Å². The van der Waals surface area contributed by atoms with Crippen molar-refractivity contribution in [3.63, 3.8) is 0 Å². The summed E-state index contributed by atoms with van der Waals surface area (Å²) in [5, 5.41) is 0. The molecule has 0 amide bonds. The first-order chi connectivity index (χ1) is 9.79. The Hall–Kier alpha value is -0.970. The lowest BCUT2D eigenvalue weighted by atomic mass is 9.98. The lowest BCUT2D eigenvalue weighted by Crippen LogP contribution is -2.57. The topological polar surface area (TPSA) is 32.5 Å². The van der Waals surface area contributed by atoms with E-state index in [-0.39, 0.29) is 17.4 Å². The fourth-order valence-corrected chi connectivity index (χ4v) is 2.86. The molecule has 1 unspecified atom stereocenters. The van der Waals surface area contributed by atoms with Crippen molar-refractivity contribution in [3.8, 4) is 0 Å². The van der Waals surface area contributed by atoms with Crippen LogP contribution in [0.1, 0.15) is 37.4 Å². The molecule has 0 radical (unpaired) electrons. The van der Waals surface area contributed by atoms with Crippen LogP contribution in [0.15, 0.2) is 18.2 Å². The number of hydrogen-bond donors (Lipinski definition) is 1. The summed E-state index contributed by atoms with van der Waals surface area (Å²) >= 11 is 0. The number of piperazine rings is 1. The first kappa shape index (κ1) is 16.4. The molecule has 1 aliphatic heterocycles. The highest BCUT2D eigenvalue weighted by atomic mass is 19.1. The summed E-state index contributed by atoms with van der Waals surface area (Å²) < 4.78 is 13.6. The van der Waals surface area contributed by atoms with Gasteiger partial charge in [0.2, 0.25) is 0 Å². The molecular formula is C17H28FN3. The minimum absolute atomic E-state index is 0.0946. The molecule has 1 aliphatic rings. The van der Waals surface area contributed by atoms with Gasteiger partial charge >= 0.3 is 0 Å². The quantitative estimate of drug-likeness (QED) is 0.926. The summed E-state index contributed by atoms with van der Waals surface area (Å²) in [5.41, 5.74) is 8.00. The van der Waals surface area contributed by atoms with Gasteiger partial charge in [0.15, 0.2) is 0 Å². The van der Waals surface area contributed by atoms with E-state index in [0.29, 0.717) is 5.56 Å². The molecule has 0 aliphatic carbocycles. The average Bonchev–Trinajstić information content (AvgIpc) is 2.42. The molecule has 0 spiro atoms. The van der Waals surface area contributed by atoms with Gasteiger partial charge in [0.25, 0.3) is 0 Å². The number of rotatable bonds is 4. The van der Waals surface area contributed by atoms with Gasteiger partial charge in [-0.05, 0) is 51.4 Å². The smallest absolute Gasteiger partial charge is 0.126 e. The summed E-state index contributed by atoms with van der Waals surface area (Å²) in [6, 6.07) is 5.23. The van der Waals surface area contributed by atoms with Crippen LogP contribution in [0.25, 0.3) is 0 Å². The van der Waals surface area contributed by atoms with E-state index < -0.39 is 0 Å². The fourth-order valence-electron chi connectivity index (χ4n) is 2.86. The maximum absolute atomic E-state index is 13.6. The number of nitrogens with zero attached hydrogens (tertiary/aromatic N) is 2. The van der Waals surface area contributed by atoms with Crippen LogP contribution in [-0.4, -0.2) is 48.6 Å². The minimum Gasteiger partial charge on any atom is -0.324 e. The Labute approximate surface area is 127 Å². The average molecular weight is 293 g/mol. The third-order valence-corrected chi connectivity index (χ3v) is 4.78. The molecule has 118 valence electrons. The highest BCUT2D eigenvalue weighted by Crippen LogP contribution is 2.21. The van der Waals surface area contributed by atoms with Crippen molar-refractivity contribution in [2.45, 2.75) is 38.8 Å². The number of halogens is 1. The summed E-state index contributed by atoms with van der Waals surface area (Å²) in [6.07, 6.45) is 0.863. The van der Waals surface area contributed by atoms with E-state index in [1.165, 1.54) is 0 Å². The maximum Gasteiger partial charge on any atom is 0.126 e. The summed E-state index contributed by atoms with van der Waals surface area (Å²) in [4.78, 5) is 4.86. The lowest BCUT2D eigenvalue weighted by Gasteiger charge is -2.45. The largest absolute Gasteiger partial charge is 0.324 e. The van der Waals surface area contributed by atoms with Crippen LogP contribution >= 0.6 is 0 Å². The van der Waals surface area contributed by atoms with Gasteiger partial charge in [0.1, 0.15) is 5.82 Å². The molecule has 0 saturated carbocycles. The number of likely N-dealkylation sites (N-methyl/N-ethyl adjacent to an activating group) is 1. The summed E-state index contributed by atoms with van der Waals surface area (Å²) in [6.45, 7) is 10.5. The van der Waals surface area contributed by atoms with E-state index in [1.54, 1.807) is 13.0 Å². The Bertz CT molecular complexity index is 487. The van der Waals surface area contributed by atoms with E-state index in [4.69, 9.17) is 5.73 Å². The predicted octanol–water partition coefficient (Wildman–Crippen LogP) is 2.55. The van der Waals surface area contributed by atoms with Gasteiger partial charge < -0.3 is 10.6 Å². The molecule has 4 heteroatoms. The monoisotopic (exact) mass is 293 g/mol. The van der Waals surface area contributed by atoms with Crippen LogP contribution in [0, 0.1) is 12.7 Å². The highest BCUT2D eigenvalue weighted by Gasteiger charge is 2.30. The Morgan fingerprint density at radius 3 is 2.67 bits per heavy atom. The normalized spacial score (nSPS) is 21.4. The van der Waals surface area contributed by atoms with Gasteiger partial charge in [-0.3, -0.25) is 4.90 Å². The number of hydrogen-bond acceptors (Lipinski definition) is 3. The van der Waals surface area contributed by atoms with Gasteiger partial charge in [0.05, 0.1) is 0 Å². The lowest BCUT2D eigenvalue weighted by molar-refractivity contribution is 0.0387. The van der Waals surface area contributed by atoms with E-state index in [0.717, 1.165) is 38.2 Å².